The number of nitrogens with one attached hydrogen (secondary N) is 1. The van der Waals surface area contributed by atoms with Crippen LogP contribution in [0, 0.1) is 6.92 Å². The van der Waals surface area contributed by atoms with Crippen molar-refractivity contribution < 1.29 is 32.2 Å². The summed E-state index contributed by atoms with van der Waals surface area (Å²) in [6.07, 6.45) is -1.09. The smallest absolute Gasteiger partial charge is 0.338 e. The summed E-state index contributed by atoms with van der Waals surface area (Å²) in [5.74, 6) is -0.624. The minimum absolute atomic E-state index is 0.0327. The monoisotopic (exact) mass is 476 g/mol. The molecule has 1 aliphatic heterocycles. The number of carbonyl (C=O) groups excluding carboxylic acids is 2. The first-order valence-corrected chi connectivity index (χ1v) is 12.1. The first-order valence-electron chi connectivity index (χ1n) is 10.7. The molecule has 1 heterocycles. The summed E-state index contributed by atoms with van der Waals surface area (Å²) < 4.78 is 43.3. The van der Waals surface area contributed by atoms with E-state index in [-0.39, 0.29) is 23.5 Å². The lowest BCUT2D eigenvalue weighted by atomic mass is 10.1. The molecule has 3 rings (SSSR count). The molecule has 33 heavy (non-hydrogen) atoms. The van der Waals surface area contributed by atoms with Gasteiger partial charge in [-0.3, -0.25) is 4.79 Å². The van der Waals surface area contributed by atoms with Crippen LogP contribution in [0.15, 0.2) is 47.4 Å². The Morgan fingerprint density at radius 3 is 2.42 bits per heavy atom. The molecule has 178 valence electrons. The number of esters is 1. The van der Waals surface area contributed by atoms with Crippen LogP contribution in [0.2, 0.25) is 0 Å². The van der Waals surface area contributed by atoms with Crippen LogP contribution in [0.5, 0.6) is 5.75 Å². The van der Waals surface area contributed by atoms with Gasteiger partial charge in [-0.15, -0.1) is 0 Å². The van der Waals surface area contributed by atoms with Crippen LogP contribution in [0.3, 0.4) is 0 Å². The molecule has 0 saturated carbocycles. The SMILES string of the molecule is CCOc1ccc(NC(=O)C(C)OC(=O)c2ccc(C)c(S(=O)(=O)N3CCOCC3)c2)cc1. The minimum Gasteiger partial charge on any atom is -0.494 e. The number of hydrogen-bond acceptors (Lipinski definition) is 7. The van der Waals surface area contributed by atoms with Gasteiger partial charge in [-0.1, -0.05) is 6.07 Å². The Labute approximate surface area is 193 Å². The number of rotatable bonds is 8. The van der Waals surface area contributed by atoms with Crippen LogP contribution >= 0.6 is 0 Å². The van der Waals surface area contributed by atoms with E-state index in [1.54, 1.807) is 37.3 Å². The molecule has 1 amide bonds. The molecule has 0 radical (unpaired) electrons. The average molecular weight is 477 g/mol. The molecule has 0 bridgehead atoms. The third-order valence-electron chi connectivity index (χ3n) is 5.10. The summed E-state index contributed by atoms with van der Waals surface area (Å²) in [6.45, 7) is 6.66. The van der Waals surface area contributed by atoms with E-state index in [9.17, 15) is 18.0 Å². The molecule has 10 heteroatoms. The molecule has 1 N–H and O–H groups in total. The highest BCUT2D eigenvalue weighted by Crippen LogP contribution is 2.23. The van der Waals surface area contributed by atoms with Crippen molar-refractivity contribution in [3.05, 3.63) is 53.6 Å². The number of amides is 1. The standard InChI is InChI=1S/C23H28N2O7S/c1-4-31-20-9-7-19(8-10-20)24-22(26)17(3)32-23(27)18-6-5-16(2)21(15-18)33(28,29)25-11-13-30-14-12-25/h5-10,15,17H,4,11-14H2,1-3H3,(H,24,26). The van der Waals surface area contributed by atoms with E-state index in [2.05, 4.69) is 5.32 Å². The number of benzene rings is 2. The van der Waals surface area contributed by atoms with Gasteiger partial charge in [0, 0.05) is 18.8 Å². The van der Waals surface area contributed by atoms with Gasteiger partial charge in [-0.05, 0) is 62.7 Å². The number of aryl methyl sites for hydroxylation is 1. The number of anilines is 1. The lowest BCUT2D eigenvalue weighted by Gasteiger charge is -2.26. The molecule has 0 aromatic heterocycles. The number of ether oxygens (including phenoxy) is 3. The van der Waals surface area contributed by atoms with Crippen LogP contribution < -0.4 is 10.1 Å². The maximum Gasteiger partial charge on any atom is 0.338 e. The summed E-state index contributed by atoms with van der Waals surface area (Å²) in [7, 11) is -3.79. The average Bonchev–Trinajstić information content (AvgIpc) is 2.81. The highest BCUT2D eigenvalue weighted by Gasteiger charge is 2.29. The Morgan fingerprint density at radius 2 is 1.79 bits per heavy atom. The lowest BCUT2D eigenvalue weighted by Crippen LogP contribution is -2.40. The van der Waals surface area contributed by atoms with Gasteiger partial charge in [0.05, 0.1) is 30.3 Å². The molecule has 1 aliphatic rings. The van der Waals surface area contributed by atoms with E-state index in [0.29, 0.717) is 36.8 Å². The van der Waals surface area contributed by atoms with Crippen LogP contribution in [0.4, 0.5) is 5.69 Å². The summed E-state index contributed by atoms with van der Waals surface area (Å²) in [4.78, 5) is 25.1. The van der Waals surface area contributed by atoms with Crippen LogP contribution in [-0.2, 0) is 24.3 Å². The van der Waals surface area contributed by atoms with Crippen molar-refractivity contribution in [1.29, 1.82) is 0 Å². The van der Waals surface area contributed by atoms with Gasteiger partial charge in [-0.25, -0.2) is 13.2 Å². The summed E-state index contributed by atoms with van der Waals surface area (Å²) >= 11 is 0. The molecule has 9 nitrogen and oxygen atoms in total. The fourth-order valence-electron chi connectivity index (χ4n) is 3.26. The Hall–Kier alpha value is -2.95. The number of nitrogens with zero attached hydrogens (tertiary/aromatic N) is 1. The summed E-state index contributed by atoms with van der Waals surface area (Å²) in [5, 5.41) is 2.67. The second-order valence-electron chi connectivity index (χ2n) is 7.49. The third kappa shape index (κ3) is 6.10. The Balaban J connectivity index is 1.68. The first-order chi connectivity index (χ1) is 15.7. The largest absolute Gasteiger partial charge is 0.494 e. The van der Waals surface area contributed by atoms with E-state index >= 15 is 0 Å². The molecule has 0 spiro atoms. The number of morpholine rings is 1. The third-order valence-corrected chi connectivity index (χ3v) is 7.14. The molecule has 1 atom stereocenters. The van der Waals surface area contributed by atoms with E-state index < -0.39 is 28.0 Å². The Morgan fingerprint density at radius 1 is 1.12 bits per heavy atom. The molecule has 2 aromatic carbocycles. The summed E-state index contributed by atoms with van der Waals surface area (Å²) in [6, 6.07) is 11.1. The maximum atomic E-state index is 13.0. The van der Waals surface area contributed by atoms with E-state index in [0.717, 1.165) is 0 Å². The fraction of sp³-hybridized carbons (Fsp3) is 0.391. The second kappa shape index (κ2) is 10.8. The highest BCUT2D eigenvalue weighted by molar-refractivity contribution is 7.89. The molecular weight excluding hydrogens is 448 g/mol. The second-order valence-corrected chi connectivity index (χ2v) is 9.40. The normalized spacial score (nSPS) is 15.5. The quantitative estimate of drug-likeness (QED) is 0.583. The van der Waals surface area contributed by atoms with E-state index in [4.69, 9.17) is 14.2 Å². The van der Waals surface area contributed by atoms with Gasteiger partial charge in [-0.2, -0.15) is 4.31 Å². The Bertz CT molecular complexity index is 1090. The molecule has 1 unspecified atom stereocenters. The molecule has 1 saturated heterocycles. The predicted octanol–water partition coefficient (Wildman–Crippen LogP) is 2.60. The van der Waals surface area contributed by atoms with Gasteiger partial charge in [0.25, 0.3) is 5.91 Å². The van der Waals surface area contributed by atoms with Crippen molar-refractivity contribution in [2.45, 2.75) is 31.8 Å². The van der Waals surface area contributed by atoms with Crippen molar-refractivity contribution in [1.82, 2.24) is 4.31 Å². The topological polar surface area (TPSA) is 111 Å². The van der Waals surface area contributed by atoms with Gasteiger partial charge in [0.2, 0.25) is 10.0 Å². The number of carbonyl (C=O) groups is 2. The van der Waals surface area contributed by atoms with Crippen molar-refractivity contribution >= 4 is 27.6 Å². The van der Waals surface area contributed by atoms with Crippen molar-refractivity contribution in [3.8, 4) is 5.75 Å². The fourth-order valence-corrected chi connectivity index (χ4v) is 4.92. The zero-order chi connectivity index (χ0) is 24.0. The van der Waals surface area contributed by atoms with Crippen LogP contribution in [0.25, 0.3) is 0 Å². The molecule has 1 fully saturated rings. The highest BCUT2D eigenvalue weighted by atomic mass is 32.2. The van der Waals surface area contributed by atoms with Gasteiger partial charge < -0.3 is 19.5 Å². The Kier molecular flexibility index (Phi) is 8.06. The predicted molar refractivity (Wildman–Crippen MR) is 122 cm³/mol. The maximum absolute atomic E-state index is 13.0. The van der Waals surface area contributed by atoms with E-state index in [1.165, 1.54) is 23.4 Å². The lowest BCUT2D eigenvalue weighted by molar-refractivity contribution is -0.123. The summed E-state index contributed by atoms with van der Waals surface area (Å²) in [5.41, 5.74) is 1.09. The zero-order valence-corrected chi connectivity index (χ0v) is 19.7. The number of sulfonamides is 1. The van der Waals surface area contributed by atoms with E-state index in [1.807, 2.05) is 6.92 Å². The first kappa shape index (κ1) is 24.7. The van der Waals surface area contributed by atoms with Crippen LogP contribution in [-0.4, -0.2) is 63.6 Å². The van der Waals surface area contributed by atoms with Crippen molar-refractivity contribution in [3.63, 3.8) is 0 Å². The van der Waals surface area contributed by atoms with Gasteiger partial charge in [0.1, 0.15) is 5.75 Å². The van der Waals surface area contributed by atoms with Crippen LogP contribution in [0.1, 0.15) is 29.8 Å². The van der Waals surface area contributed by atoms with Crippen molar-refractivity contribution in [2.75, 3.05) is 38.2 Å². The van der Waals surface area contributed by atoms with Crippen molar-refractivity contribution in [2.24, 2.45) is 0 Å². The number of hydrogen-bond donors (Lipinski definition) is 1. The zero-order valence-electron chi connectivity index (χ0n) is 18.9. The van der Waals surface area contributed by atoms with Gasteiger partial charge in [0.15, 0.2) is 6.10 Å². The van der Waals surface area contributed by atoms with Gasteiger partial charge >= 0.3 is 5.97 Å². The molecule has 0 aliphatic carbocycles. The minimum atomic E-state index is -3.79. The molecule has 2 aromatic rings. The molecular formula is C23H28N2O7S.